The minimum Gasteiger partial charge on any atom is -0.310 e. The van der Waals surface area contributed by atoms with Crippen molar-refractivity contribution in [3.05, 3.63) is 275 Å². The van der Waals surface area contributed by atoms with Crippen molar-refractivity contribution in [1.29, 1.82) is 0 Å². The summed E-state index contributed by atoms with van der Waals surface area (Å²) >= 11 is 0. The van der Waals surface area contributed by atoms with Crippen molar-refractivity contribution < 1.29 is 0 Å². The van der Waals surface area contributed by atoms with Gasteiger partial charge in [-0.15, -0.1) is 0 Å². The summed E-state index contributed by atoms with van der Waals surface area (Å²) in [5, 5.41) is 4.49. The van der Waals surface area contributed by atoms with Gasteiger partial charge < -0.3 is 9.13 Å². The Labute approximate surface area is 449 Å². The van der Waals surface area contributed by atoms with Crippen LogP contribution in [-0.4, -0.2) is 9.13 Å². The predicted octanol–water partition coefficient (Wildman–Crippen LogP) is 20.5. The van der Waals surface area contributed by atoms with Crippen molar-refractivity contribution >= 4 is 55.0 Å². The average Bonchev–Trinajstić information content (AvgIpc) is 4.06. The number of aromatic nitrogens is 2. The molecule has 0 radical (unpaired) electrons. The SMILES string of the molecule is [C-]#[N+]c1cc(C)ccc1-c1cccc(-n2c3ccc(-c4ccccc4C)cc3c3cc(-c4ccccc4C)ccc32)c1-c1c([N+]#[C-])cccc1-n1c2ccc(-c3ccccc3C)cc2c2cc(-c3ccccc3C)ccc21. The van der Waals surface area contributed by atoms with Gasteiger partial charge in [-0.25, -0.2) is 9.69 Å². The molecule has 2 aromatic heterocycles. The van der Waals surface area contributed by atoms with E-state index in [0.29, 0.717) is 11.4 Å². The molecule has 0 aliphatic heterocycles. The number of hydrogen-bond acceptors (Lipinski definition) is 0. The van der Waals surface area contributed by atoms with Crippen LogP contribution in [0.25, 0.3) is 131 Å². The van der Waals surface area contributed by atoms with Crippen molar-refractivity contribution in [3.63, 3.8) is 0 Å². The summed E-state index contributed by atoms with van der Waals surface area (Å²) in [6.45, 7) is 28.4. The summed E-state index contributed by atoms with van der Waals surface area (Å²) in [5.74, 6) is 0. The summed E-state index contributed by atoms with van der Waals surface area (Å²) in [6, 6.07) is 80.5. The first-order valence-electron chi connectivity index (χ1n) is 26.2. The highest BCUT2D eigenvalue weighted by molar-refractivity contribution is 6.15. The fourth-order valence-corrected chi connectivity index (χ4v) is 12.1. The summed E-state index contributed by atoms with van der Waals surface area (Å²) in [6.07, 6.45) is 0. The van der Waals surface area contributed by atoms with Crippen LogP contribution < -0.4 is 0 Å². The maximum Gasteiger partial charge on any atom is 0.197 e. The van der Waals surface area contributed by atoms with E-state index >= 15 is 0 Å². The molecule has 11 aromatic carbocycles. The topological polar surface area (TPSA) is 18.6 Å². The monoisotopic (exact) mass is 984 g/mol. The zero-order valence-electron chi connectivity index (χ0n) is 43.7. The van der Waals surface area contributed by atoms with Gasteiger partial charge in [0.05, 0.1) is 40.9 Å². The van der Waals surface area contributed by atoms with Gasteiger partial charge in [-0.05, 0) is 173 Å². The van der Waals surface area contributed by atoms with Crippen LogP contribution in [0, 0.1) is 47.8 Å². The molecular formula is C73H52N4. The third-order valence-corrected chi connectivity index (χ3v) is 15.8. The molecule has 0 aliphatic carbocycles. The normalized spacial score (nSPS) is 11.4. The Kier molecular flexibility index (Phi) is 11.4. The molecule has 0 bridgehead atoms. The Balaban J connectivity index is 1.16. The van der Waals surface area contributed by atoms with Crippen molar-refractivity contribution in [3.8, 4) is 78.1 Å². The van der Waals surface area contributed by atoms with Crippen molar-refractivity contribution in [1.82, 2.24) is 9.13 Å². The summed E-state index contributed by atoms with van der Waals surface area (Å²) in [5.41, 5.74) is 25.6. The van der Waals surface area contributed by atoms with Gasteiger partial charge in [0.2, 0.25) is 0 Å². The van der Waals surface area contributed by atoms with Gasteiger partial charge in [0.15, 0.2) is 11.4 Å². The van der Waals surface area contributed by atoms with Crippen LogP contribution in [-0.2, 0) is 0 Å². The zero-order chi connectivity index (χ0) is 52.5. The van der Waals surface area contributed by atoms with E-state index in [9.17, 15) is 0 Å². The van der Waals surface area contributed by atoms with Gasteiger partial charge >= 0.3 is 0 Å². The van der Waals surface area contributed by atoms with Gasteiger partial charge in [-0.1, -0.05) is 169 Å². The van der Waals surface area contributed by atoms with Crippen molar-refractivity contribution in [2.75, 3.05) is 0 Å². The van der Waals surface area contributed by atoms with E-state index in [1.165, 1.54) is 44.5 Å². The molecule has 13 aromatic rings. The number of aryl methyl sites for hydroxylation is 5. The number of fused-ring (bicyclic) bond motifs is 6. The van der Waals surface area contributed by atoms with Gasteiger partial charge in [0.25, 0.3) is 0 Å². The fourth-order valence-electron chi connectivity index (χ4n) is 12.1. The van der Waals surface area contributed by atoms with E-state index in [2.05, 4.69) is 253 Å². The van der Waals surface area contributed by atoms with E-state index in [1.807, 2.05) is 25.1 Å². The Bertz CT molecular complexity index is 4450. The Morgan fingerprint density at radius 2 is 0.636 bits per heavy atom. The molecule has 2 heterocycles. The highest BCUT2D eigenvalue weighted by Gasteiger charge is 2.27. The molecule has 0 unspecified atom stereocenters. The molecular weight excluding hydrogens is 933 g/mol. The Morgan fingerprint density at radius 1 is 0.286 bits per heavy atom. The molecule has 0 spiro atoms. The van der Waals surface area contributed by atoms with Crippen LogP contribution in [0.2, 0.25) is 0 Å². The smallest absolute Gasteiger partial charge is 0.197 e. The van der Waals surface area contributed by atoms with Gasteiger partial charge in [-0.3, -0.25) is 0 Å². The lowest BCUT2D eigenvalue weighted by Crippen LogP contribution is -2.03. The lowest BCUT2D eigenvalue weighted by atomic mass is 9.89. The third kappa shape index (κ3) is 7.73. The standard InChI is InChI=1S/C73H52N4/c1-45-30-35-58(65(40-45)75-7)59-26-16-28-70(76-66-36-31-50(54-22-12-8-18-46(54)2)41-60(66)61-42-51(32-37-67(61)76)55-23-13-9-19-47(55)3)72(59)73-64(74-6)27-17-29-71(73)77-68-38-33-52(56-24-14-10-20-48(56)4)43-62(68)63-44-53(34-39-69(63)77)57-25-15-11-21-49(57)5/h8-44H,1-5H3. The lowest BCUT2D eigenvalue weighted by molar-refractivity contribution is 1.16. The molecule has 0 N–H and O–H groups in total. The molecule has 77 heavy (non-hydrogen) atoms. The van der Waals surface area contributed by atoms with E-state index < -0.39 is 0 Å². The van der Waals surface area contributed by atoms with E-state index in [0.717, 1.165) is 105 Å². The largest absolute Gasteiger partial charge is 0.310 e. The van der Waals surface area contributed by atoms with E-state index in [1.54, 1.807) is 0 Å². The summed E-state index contributed by atoms with van der Waals surface area (Å²) < 4.78 is 4.77. The van der Waals surface area contributed by atoms with Crippen molar-refractivity contribution in [2.45, 2.75) is 34.6 Å². The Morgan fingerprint density at radius 3 is 1.01 bits per heavy atom. The molecule has 0 atom stereocenters. The molecule has 364 valence electrons. The quantitative estimate of drug-likeness (QED) is 0.135. The number of benzene rings is 11. The molecule has 4 nitrogen and oxygen atoms in total. The first kappa shape index (κ1) is 46.8. The maximum atomic E-state index is 9.06. The summed E-state index contributed by atoms with van der Waals surface area (Å²) in [4.78, 5) is 8.60. The van der Waals surface area contributed by atoms with Gasteiger partial charge in [-0.2, -0.15) is 0 Å². The van der Waals surface area contributed by atoms with Crippen LogP contribution in [0.15, 0.2) is 224 Å². The minimum absolute atomic E-state index is 0.514. The van der Waals surface area contributed by atoms with Gasteiger partial charge in [0.1, 0.15) is 0 Å². The lowest BCUT2D eigenvalue weighted by Gasteiger charge is -2.23. The third-order valence-electron chi connectivity index (χ3n) is 15.8. The molecule has 4 heteroatoms. The van der Waals surface area contributed by atoms with Crippen LogP contribution in [0.3, 0.4) is 0 Å². The molecule has 0 amide bonds. The fraction of sp³-hybridized carbons (Fsp3) is 0.0685. The van der Waals surface area contributed by atoms with Crippen LogP contribution in [0.5, 0.6) is 0 Å². The summed E-state index contributed by atoms with van der Waals surface area (Å²) in [7, 11) is 0. The number of hydrogen-bond donors (Lipinski definition) is 0. The second-order valence-electron chi connectivity index (χ2n) is 20.5. The second-order valence-corrected chi connectivity index (χ2v) is 20.5. The first-order chi connectivity index (χ1) is 37.7. The molecule has 0 fully saturated rings. The van der Waals surface area contributed by atoms with Crippen LogP contribution >= 0.6 is 0 Å². The highest BCUT2D eigenvalue weighted by Crippen LogP contribution is 2.51. The van der Waals surface area contributed by atoms with E-state index in [-0.39, 0.29) is 0 Å². The first-order valence-corrected chi connectivity index (χ1v) is 26.2. The predicted molar refractivity (Wildman–Crippen MR) is 324 cm³/mol. The zero-order valence-corrected chi connectivity index (χ0v) is 43.7. The maximum absolute atomic E-state index is 9.06. The number of rotatable bonds is 8. The Hall–Kier alpha value is -10.0. The van der Waals surface area contributed by atoms with Gasteiger partial charge in [0, 0.05) is 38.4 Å². The van der Waals surface area contributed by atoms with Crippen LogP contribution in [0.4, 0.5) is 11.4 Å². The van der Waals surface area contributed by atoms with E-state index in [4.69, 9.17) is 13.1 Å². The molecule has 13 rings (SSSR count). The highest BCUT2D eigenvalue weighted by atomic mass is 15.0. The average molecular weight is 985 g/mol. The van der Waals surface area contributed by atoms with Crippen LogP contribution in [0.1, 0.15) is 27.8 Å². The molecule has 0 aliphatic rings. The molecule has 0 saturated carbocycles. The minimum atomic E-state index is 0.514. The second kappa shape index (κ2) is 18.7. The number of nitrogens with zero attached hydrogens (tertiary/aromatic N) is 4. The molecule has 0 saturated heterocycles. The van der Waals surface area contributed by atoms with Crippen molar-refractivity contribution in [2.24, 2.45) is 0 Å².